The molecule has 0 aromatic heterocycles. The molecule has 3 nitrogen and oxygen atoms in total. The molecule has 0 radical (unpaired) electrons. The van der Waals surface area contributed by atoms with E-state index in [2.05, 4.69) is 0 Å². The summed E-state index contributed by atoms with van der Waals surface area (Å²) in [5.41, 5.74) is 5.45. The predicted molar refractivity (Wildman–Crippen MR) is 56.4 cm³/mol. The van der Waals surface area contributed by atoms with Crippen molar-refractivity contribution in [3.8, 4) is 0 Å². The molecule has 0 spiro atoms. The number of hydrogen-bond donors (Lipinski definition) is 1. The highest BCUT2D eigenvalue weighted by Gasteiger charge is 2.22. The highest BCUT2D eigenvalue weighted by Crippen LogP contribution is 2.20. The van der Waals surface area contributed by atoms with E-state index in [0.717, 1.165) is 0 Å². The van der Waals surface area contributed by atoms with Gasteiger partial charge in [-0.15, -0.1) is 0 Å². The minimum Gasteiger partial charge on any atom is -0.330 e. The maximum absolute atomic E-state index is 11.5. The van der Waals surface area contributed by atoms with Gasteiger partial charge in [0, 0.05) is 0 Å². The van der Waals surface area contributed by atoms with Crippen molar-refractivity contribution >= 4 is 9.84 Å². The van der Waals surface area contributed by atoms with Crippen LogP contribution in [0, 0.1) is 5.41 Å². The molecule has 0 atom stereocenters. The zero-order valence-electron chi connectivity index (χ0n) is 9.00. The first kappa shape index (κ1) is 12.9. The molecule has 0 saturated carbocycles. The molecule has 0 aromatic rings. The van der Waals surface area contributed by atoms with Gasteiger partial charge in [0.25, 0.3) is 0 Å². The van der Waals surface area contributed by atoms with Crippen LogP contribution in [0.2, 0.25) is 0 Å². The Kier molecular flexibility index (Phi) is 4.39. The minimum atomic E-state index is -2.90. The van der Waals surface area contributed by atoms with Crippen molar-refractivity contribution in [3.05, 3.63) is 0 Å². The smallest absolute Gasteiger partial charge is 0.152 e. The Morgan fingerprint density at radius 1 is 1.31 bits per heavy atom. The van der Waals surface area contributed by atoms with E-state index in [1.165, 1.54) is 0 Å². The first-order valence-electron chi connectivity index (χ1n) is 4.63. The quantitative estimate of drug-likeness (QED) is 0.736. The lowest BCUT2D eigenvalue weighted by molar-refractivity contribution is 0.364. The third-order valence-electron chi connectivity index (χ3n) is 2.33. The van der Waals surface area contributed by atoms with Gasteiger partial charge in [0.05, 0.1) is 11.0 Å². The summed E-state index contributed by atoms with van der Waals surface area (Å²) in [7, 11) is -2.90. The van der Waals surface area contributed by atoms with Crippen molar-refractivity contribution in [1.82, 2.24) is 0 Å². The highest BCUT2D eigenvalue weighted by atomic mass is 32.2. The Bertz CT molecular complexity index is 242. The Labute approximate surface area is 81.6 Å². The van der Waals surface area contributed by atoms with Crippen LogP contribution in [-0.4, -0.2) is 26.0 Å². The molecule has 0 rings (SSSR count). The number of rotatable bonds is 5. The third kappa shape index (κ3) is 4.62. The van der Waals surface area contributed by atoms with Crippen LogP contribution in [-0.2, 0) is 9.84 Å². The first-order chi connectivity index (χ1) is 5.71. The van der Waals surface area contributed by atoms with Crippen LogP contribution in [0.4, 0.5) is 0 Å². The second-order valence-corrected chi connectivity index (χ2v) is 7.21. The predicted octanol–water partition coefficient (Wildman–Crippen LogP) is 1.18. The van der Waals surface area contributed by atoms with Gasteiger partial charge in [0.15, 0.2) is 9.84 Å². The summed E-state index contributed by atoms with van der Waals surface area (Å²) >= 11 is 0. The van der Waals surface area contributed by atoms with Crippen LogP contribution < -0.4 is 5.73 Å². The summed E-state index contributed by atoms with van der Waals surface area (Å²) in [5.74, 6) is 0.245. The minimum absolute atomic E-state index is 0.0675. The molecule has 4 heteroatoms. The van der Waals surface area contributed by atoms with Crippen LogP contribution in [0.1, 0.15) is 34.1 Å². The summed E-state index contributed by atoms with van der Waals surface area (Å²) in [6, 6.07) is 0. The van der Waals surface area contributed by atoms with E-state index in [1.807, 2.05) is 13.8 Å². The van der Waals surface area contributed by atoms with Crippen molar-refractivity contribution in [3.63, 3.8) is 0 Å². The summed E-state index contributed by atoms with van der Waals surface area (Å²) in [4.78, 5) is 0. The van der Waals surface area contributed by atoms with Gasteiger partial charge in [-0.05, 0) is 32.2 Å². The highest BCUT2D eigenvalue weighted by molar-refractivity contribution is 7.91. The van der Waals surface area contributed by atoms with Crippen molar-refractivity contribution in [2.45, 2.75) is 39.4 Å². The van der Waals surface area contributed by atoms with Crippen molar-refractivity contribution in [1.29, 1.82) is 0 Å². The lowest BCUT2D eigenvalue weighted by Gasteiger charge is -2.22. The maximum atomic E-state index is 11.5. The van der Waals surface area contributed by atoms with Crippen LogP contribution in [0.15, 0.2) is 0 Å². The van der Waals surface area contributed by atoms with E-state index in [9.17, 15) is 8.42 Å². The molecule has 0 unspecified atom stereocenters. The molecule has 2 N–H and O–H groups in total. The SMILES string of the molecule is CC(C)S(=O)(=O)CCC(C)(C)CN. The average Bonchev–Trinajstić information content (AvgIpc) is 2.01. The standard InChI is InChI=1S/C9H21NO2S/c1-8(2)13(11,12)6-5-9(3,4)7-10/h8H,5-7,10H2,1-4H3. The molecule has 0 aliphatic carbocycles. The zero-order valence-corrected chi connectivity index (χ0v) is 9.82. The fourth-order valence-electron chi connectivity index (χ4n) is 0.756. The molecule has 0 amide bonds. The van der Waals surface area contributed by atoms with Gasteiger partial charge in [-0.3, -0.25) is 0 Å². The summed E-state index contributed by atoms with van der Waals surface area (Å²) < 4.78 is 22.9. The van der Waals surface area contributed by atoms with E-state index in [0.29, 0.717) is 13.0 Å². The van der Waals surface area contributed by atoms with Gasteiger partial charge >= 0.3 is 0 Å². The molecular weight excluding hydrogens is 186 g/mol. The van der Waals surface area contributed by atoms with Gasteiger partial charge in [-0.2, -0.15) is 0 Å². The molecular formula is C9H21NO2S. The van der Waals surface area contributed by atoms with Crippen LogP contribution in [0.5, 0.6) is 0 Å². The third-order valence-corrected chi connectivity index (χ3v) is 4.54. The molecule has 0 heterocycles. The van der Waals surface area contributed by atoms with Gasteiger partial charge in [-0.25, -0.2) is 8.42 Å². The number of hydrogen-bond acceptors (Lipinski definition) is 3. The van der Waals surface area contributed by atoms with Gasteiger partial charge < -0.3 is 5.73 Å². The number of nitrogens with two attached hydrogens (primary N) is 1. The Balaban J connectivity index is 4.19. The molecule has 13 heavy (non-hydrogen) atoms. The maximum Gasteiger partial charge on any atom is 0.152 e. The van der Waals surface area contributed by atoms with Crippen LogP contribution >= 0.6 is 0 Å². The van der Waals surface area contributed by atoms with Gasteiger partial charge in [-0.1, -0.05) is 13.8 Å². The molecule has 0 fully saturated rings. The van der Waals surface area contributed by atoms with Crippen LogP contribution in [0.25, 0.3) is 0 Å². The lowest BCUT2D eigenvalue weighted by atomic mass is 9.91. The Morgan fingerprint density at radius 3 is 2.08 bits per heavy atom. The largest absolute Gasteiger partial charge is 0.330 e. The molecule has 0 aromatic carbocycles. The lowest BCUT2D eigenvalue weighted by Crippen LogP contribution is -2.28. The van der Waals surface area contributed by atoms with E-state index < -0.39 is 9.84 Å². The Morgan fingerprint density at radius 2 is 1.77 bits per heavy atom. The topological polar surface area (TPSA) is 60.2 Å². The van der Waals surface area contributed by atoms with Crippen molar-refractivity contribution in [2.24, 2.45) is 11.1 Å². The van der Waals surface area contributed by atoms with E-state index >= 15 is 0 Å². The fraction of sp³-hybridized carbons (Fsp3) is 1.00. The first-order valence-corrected chi connectivity index (χ1v) is 6.34. The van der Waals surface area contributed by atoms with Crippen molar-refractivity contribution in [2.75, 3.05) is 12.3 Å². The summed E-state index contributed by atoms with van der Waals surface area (Å²) in [5, 5.41) is -0.277. The second kappa shape index (κ2) is 4.42. The molecule has 80 valence electrons. The van der Waals surface area contributed by atoms with Crippen molar-refractivity contribution < 1.29 is 8.42 Å². The molecule has 0 aliphatic heterocycles. The average molecular weight is 207 g/mol. The van der Waals surface area contributed by atoms with Crippen LogP contribution in [0.3, 0.4) is 0 Å². The van der Waals surface area contributed by atoms with Gasteiger partial charge in [0.2, 0.25) is 0 Å². The van der Waals surface area contributed by atoms with E-state index in [-0.39, 0.29) is 16.4 Å². The normalized spacial score (nSPS) is 13.7. The van der Waals surface area contributed by atoms with Gasteiger partial charge in [0.1, 0.15) is 0 Å². The van der Waals surface area contributed by atoms with E-state index in [1.54, 1.807) is 13.8 Å². The fourth-order valence-corrected chi connectivity index (χ4v) is 2.06. The molecule has 0 aliphatic rings. The molecule has 0 bridgehead atoms. The van der Waals surface area contributed by atoms with E-state index in [4.69, 9.17) is 5.73 Å². The zero-order chi connectivity index (χ0) is 10.7. The summed E-state index contributed by atoms with van der Waals surface area (Å²) in [6.07, 6.45) is 0.643. The molecule has 0 saturated heterocycles. The second-order valence-electron chi connectivity index (χ2n) is 4.53. The Hall–Kier alpha value is -0.0900. The number of sulfone groups is 1. The summed E-state index contributed by atoms with van der Waals surface area (Å²) in [6.45, 7) is 7.93. The monoisotopic (exact) mass is 207 g/mol.